The Bertz CT molecular complexity index is 592. The Hall–Kier alpha value is -0.450. The van der Waals surface area contributed by atoms with Crippen molar-refractivity contribution in [3.8, 4) is 0 Å². The van der Waals surface area contributed by atoms with Gasteiger partial charge in [-0.25, -0.2) is 0 Å². The Balaban J connectivity index is 1.61. The maximum Gasteiger partial charge on any atom is 0.154 e. The van der Waals surface area contributed by atoms with Gasteiger partial charge in [0.1, 0.15) is 6.10 Å². The Morgan fingerprint density at radius 2 is 2.00 bits per heavy atom. The molecule has 4 nitrogen and oxygen atoms in total. The highest BCUT2D eigenvalue weighted by atomic mass is 16.6. The molecule has 24 heavy (non-hydrogen) atoms. The quantitative estimate of drug-likeness (QED) is 0.600. The van der Waals surface area contributed by atoms with E-state index >= 15 is 0 Å². The summed E-state index contributed by atoms with van der Waals surface area (Å²) >= 11 is 0. The molecule has 0 aromatic carbocycles. The lowest BCUT2D eigenvalue weighted by atomic mass is 9.40. The molecule has 5 aliphatic rings. The van der Waals surface area contributed by atoms with E-state index in [1.807, 2.05) is 0 Å². The van der Waals surface area contributed by atoms with Gasteiger partial charge < -0.3 is 19.7 Å². The Morgan fingerprint density at radius 1 is 1.21 bits per heavy atom. The van der Waals surface area contributed by atoms with Crippen molar-refractivity contribution in [3.63, 3.8) is 0 Å². The molecule has 4 aliphatic carbocycles. The lowest BCUT2D eigenvalue weighted by Crippen LogP contribution is -2.63. The SMILES string of the molecule is C[C@]1(CO)CCC[C@]2(C)[C@@H]1C[C@@H](O)[C@@]13C[C@@H](CC[C@@H]21)[C@]1(C=O)O[C@@H]13. The number of ether oxygens (including phenoxy) is 1. The number of hydrogen-bond acceptors (Lipinski definition) is 4. The van der Waals surface area contributed by atoms with Gasteiger partial charge in [0.15, 0.2) is 11.9 Å². The highest BCUT2D eigenvalue weighted by Gasteiger charge is 2.83. The van der Waals surface area contributed by atoms with Gasteiger partial charge in [0.2, 0.25) is 0 Å². The van der Waals surface area contributed by atoms with E-state index in [0.29, 0.717) is 17.8 Å². The van der Waals surface area contributed by atoms with Crippen molar-refractivity contribution in [2.45, 2.75) is 76.6 Å². The van der Waals surface area contributed by atoms with E-state index in [9.17, 15) is 15.0 Å². The van der Waals surface area contributed by atoms with Crippen LogP contribution in [0.2, 0.25) is 0 Å². The van der Waals surface area contributed by atoms with Gasteiger partial charge in [-0.05, 0) is 67.1 Å². The summed E-state index contributed by atoms with van der Waals surface area (Å²) in [5.41, 5.74) is -0.737. The topological polar surface area (TPSA) is 70.1 Å². The number of aliphatic hydroxyl groups excluding tert-OH is 2. The van der Waals surface area contributed by atoms with Crippen molar-refractivity contribution >= 4 is 6.29 Å². The van der Waals surface area contributed by atoms with Gasteiger partial charge in [-0.15, -0.1) is 0 Å². The second-order valence-corrected chi connectivity index (χ2v) is 10.1. The normalized spacial score (nSPS) is 63.9. The molecule has 0 radical (unpaired) electrons. The maximum absolute atomic E-state index is 11.8. The summed E-state index contributed by atoms with van der Waals surface area (Å²) in [6.07, 6.45) is 7.83. The van der Waals surface area contributed by atoms with Crippen LogP contribution in [0.25, 0.3) is 0 Å². The lowest BCUT2D eigenvalue weighted by Gasteiger charge is -2.65. The second-order valence-electron chi connectivity index (χ2n) is 10.1. The Kier molecular flexibility index (Phi) is 2.92. The fraction of sp³-hybridized carbons (Fsp3) is 0.950. The van der Waals surface area contributed by atoms with Gasteiger partial charge in [-0.2, -0.15) is 0 Å². The van der Waals surface area contributed by atoms with E-state index in [0.717, 1.165) is 44.8 Å². The Labute approximate surface area is 144 Å². The van der Waals surface area contributed by atoms with Crippen LogP contribution in [-0.2, 0) is 9.53 Å². The number of carbonyl (C=O) groups excluding carboxylic acids is 1. The highest BCUT2D eigenvalue weighted by molar-refractivity contribution is 5.71. The monoisotopic (exact) mass is 334 g/mol. The number of carbonyl (C=O) groups is 1. The van der Waals surface area contributed by atoms with Crippen LogP contribution in [0.5, 0.6) is 0 Å². The molecule has 4 heteroatoms. The zero-order valence-electron chi connectivity index (χ0n) is 14.8. The van der Waals surface area contributed by atoms with E-state index < -0.39 is 11.7 Å². The number of aliphatic hydroxyl groups is 2. The lowest BCUT2D eigenvalue weighted by molar-refractivity contribution is -0.219. The van der Waals surface area contributed by atoms with Crippen molar-refractivity contribution in [1.29, 1.82) is 0 Å². The van der Waals surface area contributed by atoms with Gasteiger partial charge in [-0.1, -0.05) is 20.3 Å². The van der Waals surface area contributed by atoms with Crippen LogP contribution in [0.1, 0.15) is 58.8 Å². The number of hydrogen-bond donors (Lipinski definition) is 2. The summed E-state index contributed by atoms with van der Waals surface area (Å²) in [6.45, 7) is 4.83. The molecule has 2 N–H and O–H groups in total. The van der Waals surface area contributed by atoms with Crippen LogP contribution < -0.4 is 0 Å². The summed E-state index contributed by atoms with van der Waals surface area (Å²) in [6, 6.07) is 0. The van der Waals surface area contributed by atoms with Gasteiger partial charge in [0.05, 0.1) is 6.10 Å². The van der Waals surface area contributed by atoms with Crippen molar-refractivity contribution in [2.24, 2.45) is 34.0 Å². The van der Waals surface area contributed by atoms with E-state index in [4.69, 9.17) is 4.74 Å². The molecule has 9 atom stereocenters. The average Bonchev–Trinajstić information content (AvgIpc) is 3.29. The largest absolute Gasteiger partial charge is 0.396 e. The Morgan fingerprint density at radius 3 is 2.71 bits per heavy atom. The summed E-state index contributed by atoms with van der Waals surface area (Å²) < 4.78 is 6.01. The van der Waals surface area contributed by atoms with E-state index in [-0.39, 0.29) is 29.0 Å². The van der Waals surface area contributed by atoms with Crippen molar-refractivity contribution < 1.29 is 19.7 Å². The van der Waals surface area contributed by atoms with Crippen LogP contribution in [0, 0.1) is 34.0 Å². The predicted octanol–water partition coefficient (Wildman–Crippen LogP) is 2.31. The molecule has 1 aliphatic heterocycles. The molecule has 5 rings (SSSR count). The first-order valence-electron chi connectivity index (χ1n) is 9.80. The third-order valence-corrected chi connectivity index (χ3v) is 9.37. The molecule has 1 spiro atoms. The summed E-state index contributed by atoms with van der Waals surface area (Å²) in [5, 5.41) is 21.4. The third-order valence-electron chi connectivity index (χ3n) is 9.37. The predicted molar refractivity (Wildman–Crippen MR) is 88.2 cm³/mol. The molecule has 5 fully saturated rings. The molecule has 1 heterocycles. The molecular formula is C20H30O4. The zero-order chi connectivity index (χ0) is 17.0. The van der Waals surface area contributed by atoms with Crippen LogP contribution in [0.15, 0.2) is 0 Å². The van der Waals surface area contributed by atoms with Crippen LogP contribution in [0.4, 0.5) is 0 Å². The molecule has 2 bridgehead atoms. The average molecular weight is 334 g/mol. The zero-order valence-corrected chi connectivity index (χ0v) is 14.8. The van der Waals surface area contributed by atoms with Gasteiger partial charge >= 0.3 is 0 Å². The fourth-order valence-corrected chi connectivity index (χ4v) is 8.29. The van der Waals surface area contributed by atoms with E-state index in [1.165, 1.54) is 6.42 Å². The van der Waals surface area contributed by atoms with E-state index in [1.54, 1.807) is 0 Å². The standard InChI is InChI=1S/C20H30O4/c1-17(10-21)6-3-7-18(2)13-5-4-12-9-19(13,15(23)8-14(17)18)16-20(12,11-22)24-16/h11-16,21,23H,3-10H2,1-2H3/t12-,13+,14-,15-,16-,17-,18+,19-,20+/m1/s1. The molecule has 0 aromatic heterocycles. The number of epoxide rings is 1. The smallest absolute Gasteiger partial charge is 0.154 e. The number of rotatable bonds is 2. The number of aldehydes is 1. The molecule has 1 saturated heterocycles. The minimum absolute atomic E-state index is 0.0601. The minimum atomic E-state index is -0.576. The first-order chi connectivity index (χ1) is 11.4. The first kappa shape index (κ1) is 15.8. The highest BCUT2D eigenvalue weighted by Crippen LogP contribution is 2.77. The van der Waals surface area contributed by atoms with E-state index in [2.05, 4.69) is 13.8 Å². The van der Waals surface area contributed by atoms with Crippen LogP contribution >= 0.6 is 0 Å². The summed E-state index contributed by atoms with van der Waals surface area (Å²) in [5.74, 6) is 1.07. The third kappa shape index (κ3) is 1.47. The molecule has 134 valence electrons. The number of fused-ring (bicyclic) bond motifs is 5. The van der Waals surface area contributed by atoms with Crippen molar-refractivity contribution in [2.75, 3.05) is 6.61 Å². The summed E-state index contributed by atoms with van der Waals surface area (Å²) in [7, 11) is 0. The van der Waals surface area contributed by atoms with Crippen LogP contribution in [0.3, 0.4) is 0 Å². The molecule has 0 amide bonds. The molecule has 0 aromatic rings. The van der Waals surface area contributed by atoms with Crippen molar-refractivity contribution in [1.82, 2.24) is 0 Å². The summed E-state index contributed by atoms with van der Waals surface area (Å²) in [4.78, 5) is 11.8. The van der Waals surface area contributed by atoms with Gasteiger partial charge in [0, 0.05) is 12.0 Å². The minimum Gasteiger partial charge on any atom is -0.396 e. The maximum atomic E-state index is 11.8. The van der Waals surface area contributed by atoms with Crippen molar-refractivity contribution in [3.05, 3.63) is 0 Å². The first-order valence-corrected chi connectivity index (χ1v) is 9.80. The van der Waals surface area contributed by atoms with Gasteiger partial charge in [0.25, 0.3) is 0 Å². The molecule has 4 saturated carbocycles. The van der Waals surface area contributed by atoms with Crippen LogP contribution in [-0.4, -0.2) is 40.9 Å². The molecule has 0 unspecified atom stereocenters. The molecular weight excluding hydrogens is 304 g/mol. The van der Waals surface area contributed by atoms with Gasteiger partial charge in [-0.3, -0.25) is 0 Å². The fourth-order valence-electron chi connectivity index (χ4n) is 8.29. The second kappa shape index (κ2) is 4.44.